The molecule has 1 atom stereocenters. The van der Waals surface area contributed by atoms with Gasteiger partial charge in [0.2, 0.25) is 5.82 Å². The molecule has 3 aromatic carbocycles. The SMILES string of the molecule is CCCc1c(OCc2ccc(C(C)c3cccc(-c4nn[nH]n4)c3)cc2)ccc(C(C)=O)c1O. The lowest BCUT2D eigenvalue weighted by Gasteiger charge is -2.16. The van der Waals surface area contributed by atoms with Crippen molar-refractivity contribution in [1.82, 2.24) is 20.6 Å². The fourth-order valence-electron chi connectivity index (χ4n) is 4.02. The first-order valence-electron chi connectivity index (χ1n) is 11.4. The number of phenolic OH excluding ortho intramolecular Hbond substituents is 1. The molecule has 0 aliphatic carbocycles. The summed E-state index contributed by atoms with van der Waals surface area (Å²) in [6, 6.07) is 19.9. The zero-order valence-corrected chi connectivity index (χ0v) is 19.6. The molecular formula is C27H28N4O3. The number of H-pyrrole nitrogens is 1. The van der Waals surface area contributed by atoms with Gasteiger partial charge in [0.05, 0.1) is 5.56 Å². The van der Waals surface area contributed by atoms with Gasteiger partial charge >= 0.3 is 0 Å². The van der Waals surface area contributed by atoms with Crippen LogP contribution in [0.5, 0.6) is 11.5 Å². The topological polar surface area (TPSA) is 101 Å². The van der Waals surface area contributed by atoms with Gasteiger partial charge in [-0.1, -0.05) is 62.7 Å². The summed E-state index contributed by atoms with van der Waals surface area (Å²) in [4.78, 5) is 11.8. The zero-order chi connectivity index (χ0) is 24.1. The van der Waals surface area contributed by atoms with E-state index in [0.717, 1.165) is 23.1 Å². The van der Waals surface area contributed by atoms with Crippen molar-refractivity contribution < 1.29 is 14.6 Å². The number of ether oxygens (including phenoxy) is 1. The first-order chi connectivity index (χ1) is 16.5. The molecule has 7 heteroatoms. The summed E-state index contributed by atoms with van der Waals surface area (Å²) in [6.07, 6.45) is 1.48. The van der Waals surface area contributed by atoms with Gasteiger partial charge in [-0.15, -0.1) is 10.2 Å². The number of carbonyl (C=O) groups is 1. The standard InChI is InChI=1S/C27H28N4O3/c1-4-6-24-25(14-13-23(18(3)32)26(24)33)34-16-19-9-11-20(12-10-19)17(2)21-7-5-8-22(15-21)27-28-30-31-29-27/h5,7-15,17,33H,4,6,16H2,1-3H3,(H,28,29,30,31). The Hall–Kier alpha value is -4.00. The lowest BCUT2D eigenvalue weighted by atomic mass is 9.91. The molecule has 7 nitrogen and oxygen atoms in total. The van der Waals surface area contributed by atoms with Crippen molar-refractivity contribution in [1.29, 1.82) is 0 Å². The fourth-order valence-corrected chi connectivity index (χ4v) is 4.02. The van der Waals surface area contributed by atoms with E-state index in [1.54, 1.807) is 12.1 Å². The number of hydrogen-bond acceptors (Lipinski definition) is 6. The second-order valence-electron chi connectivity index (χ2n) is 8.36. The number of nitrogens with zero attached hydrogens (tertiary/aromatic N) is 3. The molecule has 0 radical (unpaired) electrons. The second-order valence-corrected chi connectivity index (χ2v) is 8.36. The fraction of sp³-hybridized carbons (Fsp3) is 0.259. The average Bonchev–Trinajstić information content (AvgIpc) is 3.39. The zero-order valence-electron chi connectivity index (χ0n) is 19.6. The van der Waals surface area contributed by atoms with Gasteiger partial charge in [0, 0.05) is 17.0 Å². The van der Waals surface area contributed by atoms with E-state index in [1.165, 1.54) is 12.5 Å². The summed E-state index contributed by atoms with van der Waals surface area (Å²) in [5.74, 6) is 1.24. The van der Waals surface area contributed by atoms with Gasteiger partial charge in [-0.05, 0) is 53.4 Å². The van der Waals surface area contributed by atoms with Crippen LogP contribution in [0.15, 0.2) is 60.7 Å². The molecule has 2 N–H and O–H groups in total. The Balaban J connectivity index is 1.47. The Morgan fingerprint density at radius 3 is 2.56 bits per heavy atom. The molecule has 0 saturated heterocycles. The van der Waals surface area contributed by atoms with Crippen LogP contribution in [-0.2, 0) is 13.0 Å². The highest BCUT2D eigenvalue weighted by atomic mass is 16.5. The Morgan fingerprint density at radius 2 is 1.88 bits per heavy atom. The van der Waals surface area contributed by atoms with Crippen molar-refractivity contribution in [2.75, 3.05) is 0 Å². The van der Waals surface area contributed by atoms with Gasteiger partial charge in [0.1, 0.15) is 18.1 Å². The number of ketones is 1. The summed E-state index contributed by atoms with van der Waals surface area (Å²) in [7, 11) is 0. The van der Waals surface area contributed by atoms with E-state index in [4.69, 9.17) is 4.74 Å². The van der Waals surface area contributed by atoms with Crippen LogP contribution in [0.25, 0.3) is 11.4 Å². The molecule has 1 heterocycles. The predicted octanol–water partition coefficient (Wildman–Crippen LogP) is 5.46. The number of aromatic amines is 1. The summed E-state index contributed by atoms with van der Waals surface area (Å²) in [5.41, 5.74) is 5.30. The van der Waals surface area contributed by atoms with Crippen LogP contribution in [0.4, 0.5) is 0 Å². The van der Waals surface area contributed by atoms with Crippen LogP contribution < -0.4 is 4.74 Å². The molecule has 0 saturated carbocycles. The van der Waals surface area contributed by atoms with Crippen LogP contribution in [0.1, 0.15) is 65.7 Å². The van der Waals surface area contributed by atoms with E-state index in [9.17, 15) is 9.90 Å². The van der Waals surface area contributed by atoms with Crippen LogP contribution in [0.2, 0.25) is 0 Å². The number of nitrogens with one attached hydrogen (secondary N) is 1. The van der Waals surface area contributed by atoms with Gasteiger partial charge in [0.25, 0.3) is 0 Å². The second kappa shape index (κ2) is 10.3. The number of phenols is 1. The average molecular weight is 457 g/mol. The molecule has 0 fully saturated rings. The minimum Gasteiger partial charge on any atom is -0.507 e. The number of tetrazole rings is 1. The highest BCUT2D eigenvalue weighted by Gasteiger charge is 2.16. The van der Waals surface area contributed by atoms with Crippen LogP contribution in [0, 0.1) is 0 Å². The Bertz CT molecular complexity index is 1270. The molecule has 4 rings (SSSR count). The largest absolute Gasteiger partial charge is 0.507 e. The third-order valence-electron chi connectivity index (χ3n) is 5.98. The predicted molar refractivity (Wildman–Crippen MR) is 130 cm³/mol. The highest BCUT2D eigenvalue weighted by Crippen LogP contribution is 2.33. The number of aromatic nitrogens is 4. The van der Waals surface area contributed by atoms with E-state index in [0.29, 0.717) is 35.7 Å². The van der Waals surface area contributed by atoms with Gasteiger partial charge in [-0.25, -0.2) is 0 Å². The summed E-state index contributed by atoms with van der Waals surface area (Å²) in [5, 5.41) is 24.8. The van der Waals surface area contributed by atoms with Gasteiger partial charge in [-0.3, -0.25) is 4.79 Å². The molecule has 1 unspecified atom stereocenters. The molecule has 0 aliphatic heterocycles. The Labute approximate surface area is 198 Å². The van der Waals surface area contributed by atoms with Crippen LogP contribution >= 0.6 is 0 Å². The molecule has 34 heavy (non-hydrogen) atoms. The third-order valence-corrected chi connectivity index (χ3v) is 5.98. The molecule has 174 valence electrons. The lowest BCUT2D eigenvalue weighted by molar-refractivity contribution is 0.101. The number of hydrogen-bond donors (Lipinski definition) is 2. The minimum absolute atomic E-state index is 0.0269. The maximum atomic E-state index is 11.8. The molecule has 0 spiro atoms. The van der Waals surface area contributed by atoms with Crippen molar-refractivity contribution in [3.05, 3.63) is 88.5 Å². The van der Waals surface area contributed by atoms with Crippen LogP contribution in [0.3, 0.4) is 0 Å². The highest BCUT2D eigenvalue weighted by molar-refractivity contribution is 5.97. The van der Waals surface area contributed by atoms with Crippen molar-refractivity contribution in [2.45, 2.75) is 46.1 Å². The Kier molecular flexibility index (Phi) is 7.01. The monoisotopic (exact) mass is 456 g/mol. The summed E-state index contributed by atoms with van der Waals surface area (Å²) < 4.78 is 6.04. The van der Waals surface area contributed by atoms with E-state index < -0.39 is 0 Å². The minimum atomic E-state index is -0.158. The van der Waals surface area contributed by atoms with Crippen molar-refractivity contribution in [3.63, 3.8) is 0 Å². The van der Waals surface area contributed by atoms with Crippen molar-refractivity contribution in [2.24, 2.45) is 0 Å². The van der Waals surface area contributed by atoms with Crippen LogP contribution in [-0.4, -0.2) is 31.5 Å². The lowest BCUT2D eigenvalue weighted by Crippen LogP contribution is -2.03. The quantitative estimate of drug-likeness (QED) is 0.324. The normalized spacial score (nSPS) is 11.9. The molecule has 0 bridgehead atoms. The van der Waals surface area contributed by atoms with Crippen molar-refractivity contribution in [3.8, 4) is 22.9 Å². The smallest absolute Gasteiger partial charge is 0.204 e. The van der Waals surface area contributed by atoms with E-state index in [1.807, 2.05) is 19.1 Å². The molecular weight excluding hydrogens is 428 g/mol. The first kappa shape index (κ1) is 23.2. The van der Waals surface area contributed by atoms with Gasteiger partial charge in [0.15, 0.2) is 5.78 Å². The number of carbonyl (C=O) groups excluding carboxylic acids is 1. The van der Waals surface area contributed by atoms with E-state index >= 15 is 0 Å². The van der Waals surface area contributed by atoms with E-state index in [2.05, 4.69) is 63.9 Å². The first-order valence-corrected chi connectivity index (χ1v) is 11.4. The summed E-state index contributed by atoms with van der Waals surface area (Å²) >= 11 is 0. The molecule has 4 aromatic rings. The maximum absolute atomic E-state index is 11.8. The molecule has 1 aromatic heterocycles. The third kappa shape index (κ3) is 4.98. The maximum Gasteiger partial charge on any atom is 0.204 e. The number of aromatic hydroxyl groups is 1. The number of benzene rings is 3. The van der Waals surface area contributed by atoms with Crippen molar-refractivity contribution >= 4 is 5.78 Å². The number of Topliss-reactive ketones (excluding diaryl/α,β-unsaturated/α-hetero) is 1. The number of rotatable bonds is 9. The molecule has 0 aliphatic rings. The van der Waals surface area contributed by atoms with Gasteiger partial charge in [-0.2, -0.15) is 5.21 Å². The van der Waals surface area contributed by atoms with E-state index in [-0.39, 0.29) is 17.5 Å². The van der Waals surface area contributed by atoms with Gasteiger partial charge < -0.3 is 9.84 Å². The Morgan fingerprint density at radius 1 is 1.09 bits per heavy atom. The molecule has 0 amide bonds. The summed E-state index contributed by atoms with van der Waals surface area (Å²) in [6.45, 7) is 6.02.